The molecule has 1 N–H and O–H groups in total. The van der Waals surface area contributed by atoms with Crippen LogP contribution in [0.25, 0.3) is 0 Å². The van der Waals surface area contributed by atoms with Gasteiger partial charge in [0.2, 0.25) is 0 Å². The van der Waals surface area contributed by atoms with Crippen molar-refractivity contribution in [3.63, 3.8) is 0 Å². The summed E-state index contributed by atoms with van der Waals surface area (Å²) in [6, 6.07) is 0.754. The molecule has 0 saturated carbocycles. The monoisotopic (exact) mass is 367 g/mol. The Balaban J connectivity index is 0. The van der Waals surface area contributed by atoms with E-state index in [1.807, 2.05) is 0 Å². The lowest BCUT2D eigenvalue weighted by atomic mass is 10.0. The fourth-order valence-electron chi connectivity index (χ4n) is 2.33. The topological polar surface area (TPSA) is 66.8 Å². The van der Waals surface area contributed by atoms with E-state index >= 15 is 0 Å². The van der Waals surface area contributed by atoms with Crippen molar-refractivity contribution < 1.29 is 17.2 Å². The second kappa shape index (κ2) is 17.6. The van der Waals surface area contributed by atoms with Crippen molar-refractivity contribution in [1.29, 1.82) is 0 Å². The maximum Gasteiger partial charge on any atom is 0.397 e. The van der Waals surface area contributed by atoms with Gasteiger partial charge in [0.15, 0.2) is 0 Å². The number of unbranched alkanes of at least 4 members (excludes halogenated alkanes) is 9. The summed E-state index contributed by atoms with van der Waals surface area (Å²) < 4.78 is 30.7. The zero-order valence-electron chi connectivity index (χ0n) is 16.6. The summed E-state index contributed by atoms with van der Waals surface area (Å²) in [4.78, 5) is 2.33. The maximum absolute atomic E-state index is 9.56. The molecule has 0 radical (unpaired) electrons. The molecule has 0 spiro atoms. The van der Waals surface area contributed by atoms with Gasteiger partial charge in [-0.25, -0.2) is 4.18 Å². The Hall–Kier alpha value is -0.170. The van der Waals surface area contributed by atoms with E-state index in [2.05, 4.69) is 37.0 Å². The summed E-state index contributed by atoms with van der Waals surface area (Å²) in [5.41, 5.74) is 0. The molecule has 0 bridgehead atoms. The van der Waals surface area contributed by atoms with Gasteiger partial charge in [-0.3, -0.25) is 4.55 Å². The molecule has 148 valence electrons. The molecule has 0 rings (SSSR count). The van der Waals surface area contributed by atoms with E-state index in [1.54, 1.807) is 0 Å². The van der Waals surface area contributed by atoms with Crippen molar-refractivity contribution >= 4 is 10.4 Å². The number of nitrogens with zero attached hydrogens (tertiary/aromatic N) is 1. The van der Waals surface area contributed by atoms with Crippen LogP contribution in [0.4, 0.5) is 0 Å². The minimum absolute atomic E-state index is 0.0289. The van der Waals surface area contributed by atoms with Gasteiger partial charge < -0.3 is 4.90 Å². The third kappa shape index (κ3) is 24.1. The van der Waals surface area contributed by atoms with Crippen molar-refractivity contribution in [3.8, 4) is 0 Å². The van der Waals surface area contributed by atoms with Crippen LogP contribution in [0.3, 0.4) is 0 Å². The summed E-state index contributed by atoms with van der Waals surface area (Å²) >= 11 is 0. The lowest BCUT2D eigenvalue weighted by molar-refractivity contribution is 0.283. The molecule has 5 nitrogen and oxygen atoms in total. The molecular weight excluding hydrogens is 326 g/mol. The maximum atomic E-state index is 9.56. The van der Waals surface area contributed by atoms with E-state index in [0.29, 0.717) is 0 Å². The van der Waals surface area contributed by atoms with E-state index in [0.717, 1.165) is 6.04 Å². The van der Waals surface area contributed by atoms with Crippen molar-refractivity contribution in [3.05, 3.63) is 0 Å². The minimum atomic E-state index is -4.17. The molecule has 0 aromatic rings. The first kappa shape index (κ1) is 26.1. The normalized spacial score (nSPS) is 12.8. The quantitative estimate of drug-likeness (QED) is 0.343. The van der Waals surface area contributed by atoms with Gasteiger partial charge in [-0.1, -0.05) is 71.1 Å². The van der Waals surface area contributed by atoms with E-state index in [9.17, 15) is 8.42 Å². The van der Waals surface area contributed by atoms with Gasteiger partial charge in [0.25, 0.3) is 0 Å². The second-order valence-corrected chi connectivity index (χ2v) is 7.71. The van der Waals surface area contributed by atoms with E-state index in [4.69, 9.17) is 4.55 Å². The van der Waals surface area contributed by atoms with Gasteiger partial charge in [-0.2, -0.15) is 8.42 Å². The Kier molecular flexibility index (Phi) is 19.2. The van der Waals surface area contributed by atoms with Crippen LogP contribution in [0.15, 0.2) is 0 Å². The van der Waals surface area contributed by atoms with Gasteiger partial charge in [-0.05, 0) is 34.4 Å². The molecule has 6 heteroatoms. The number of hydrogen-bond donors (Lipinski definition) is 1. The predicted octanol–water partition coefficient (Wildman–Crippen LogP) is 5.07. The molecule has 0 aromatic heterocycles. The Morgan fingerprint density at radius 2 is 1.29 bits per heavy atom. The first-order valence-corrected chi connectivity index (χ1v) is 10.9. The Labute approximate surface area is 151 Å². The highest BCUT2D eigenvalue weighted by Crippen LogP contribution is 2.12. The lowest BCUT2D eigenvalue weighted by Crippen LogP contribution is -2.24. The van der Waals surface area contributed by atoms with Crippen LogP contribution in [0, 0.1) is 0 Å². The standard InChI is InChI=1S/C16H35N.C2H6O4S/c1-5-6-7-8-9-10-11-12-13-14-15-16(2)17(3)4;1-2-6-7(3,4)5/h16H,5-15H2,1-4H3;2H2,1H3,(H,3,4,5). The third-order valence-electron chi connectivity index (χ3n) is 4.12. The van der Waals surface area contributed by atoms with Crippen LogP contribution in [0.2, 0.25) is 0 Å². The molecule has 0 heterocycles. The number of hydrogen-bond acceptors (Lipinski definition) is 4. The van der Waals surface area contributed by atoms with Crippen LogP contribution in [-0.2, 0) is 14.6 Å². The molecule has 0 fully saturated rings. The lowest BCUT2D eigenvalue weighted by Gasteiger charge is -2.19. The predicted molar refractivity (Wildman–Crippen MR) is 103 cm³/mol. The molecule has 0 aliphatic carbocycles. The van der Waals surface area contributed by atoms with Crippen LogP contribution in [0.5, 0.6) is 0 Å². The molecule has 0 aromatic carbocycles. The second-order valence-electron chi connectivity index (χ2n) is 6.62. The van der Waals surface area contributed by atoms with Crippen LogP contribution < -0.4 is 0 Å². The zero-order chi connectivity index (χ0) is 18.8. The molecule has 1 unspecified atom stereocenters. The van der Waals surface area contributed by atoms with E-state index in [-0.39, 0.29) is 6.61 Å². The van der Waals surface area contributed by atoms with Crippen molar-refractivity contribution in [1.82, 2.24) is 4.90 Å². The summed E-state index contributed by atoms with van der Waals surface area (Å²) in [7, 11) is 0.189. The minimum Gasteiger partial charge on any atom is -0.307 e. The molecule has 0 aliphatic rings. The van der Waals surface area contributed by atoms with Gasteiger partial charge in [-0.15, -0.1) is 0 Å². The smallest absolute Gasteiger partial charge is 0.307 e. The summed E-state index contributed by atoms with van der Waals surface area (Å²) in [6.45, 7) is 6.05. The van der Waals surface area contributed by atoms with Crippen molar-refractivity contribution in [2.45, 2.75) is 97.4 Å². The summed E-state index contributed by atoms with van der Waals surface area (Å²) in [5.74, 6) is 0. The zero-order valence-corrected chi connectivity index (χ0v) is 17.4. The Morgan fingerprint density at radius 3 is 1.58 bits per heavy atom. The number of rotatable bonds is 14. The highest BCUT2D eigenvalue weighted by atomic mass is 32.3. The summed E-state index contributed by atoms with van der Waals surface area (Å²) in [6.07, 6.45) is 15.8. The average molecular weight is 368 g/mol. The van der Waals surface area contributed by atoms with E-state index < -0.39 is 10.4 Å². The van der Waals surface area contributed by atoms with Crippen LogP contribution in [-0.4, -0.2) is 44.6 Å². The fourth-order valence-corrected chi connectivity index (χ4v) is 2.63. The SMILES string of the molecule is CCCCCCCCCCCCC(C)N(C)C.CCOS(=O)(=O)O. The molecule has 0 saturated heterocycles. The summed E-state index contributed by atoms with van der Waals surface area (Å²) in [5, 5.41) is 0. The molecule has 1 atom stereocenters. The first-order valence-electron chi connectivity index (χ1n) is 9.52. The highest BCUT2D eigenvalue weighted by molar-refractivity contribution is 7.80. The third-order valence-corrected chi connectivity index (χ3v) is 4.66. The molecule has 0 aliphatic heterocycles. The molecule has 0 amide bonds. The first-order chi connectivity index (χ1) is 11.2. The largest absolute Gasteiger partial charge is 0.397 e. The van der Waals surface area contributed by atoms with Gasteiger partial charge in [0, 0.05) is 6.04 Å². The van der Waals surface area contributed by atoms with Gasteiger partial charge in [0.05, 0.1) is 6.61 Å². The van der Waals surface area contributed by atoms with Crippen LogP contribution in [0.1, 0.15) is 91.4 Å². The molecular formula is C18H41NO4S. The average Bonchev–Trinajstić information content (AvgIpc) is 2.48. The van der Waals surface area contributed by atoms with Crippen LogP contribution >= 0.6 is 0 Å². The van der Waals surface area contributed by atoms with E-state index in [1.165, 1.54) is 77.6 Å². The van der Waals surface area contributed by atoms with Gasteiger partial charge >= 0.3 is 10.4 Å². The fraction of sp³-hybridized carbons (Fsp3) is 1.00. The molecule has 24 heavy (non-hydrogen) atoms. The van der Waals surface area contributed by atoms with Crippen molar-refractivity contribution in [2.75, 3.05) is 20.7 Å². The highest BCUT2D eigenvalue weighted by Gasteiger charge is 2.03. The van der Waals surface area contributed by atoms with Crippen molar-refractivity contribution in [2.24, 2.45) is 0 Å². The Bertz CT molecular complexity index is 345. The Morgan fingerprint density at radius 1 is 0.875 bits per heavy atom. The van der Waals surface area contributed by atoms with Gasteiger partial charge in [0.1, 0.15) is 0 Å².